The van der Waals surface area contributed by atoms with Crippen molar-refractivity contribution in [3.05, 3.63) is 11.6 Å². The van der Waals surface area contributed by atoms with E-state index in [1.807, 2.05) is 0 Å². The predicted molar refractivity (Wildman–Crippen MR) is 45.1 cm³/mol. The van der Waals surface area contributed by atoms with Gasteiger partial charge in [0.25, 0.3) is 0 Å². The molecule has 0 spiro atoms. The average molecular weight is 139 g/mol. The van der Waals surface area contributed by atoms with Crippen molar-refractivity contribution in [2.24, 2.45) is 0 Å². The third-order valence-corrected chi connectivity index (χ3v) is 2.01. The van der Waals surface area contributed by atoms with Gasteiger partial charge in [-0.3, -0.25) is 0 Å². The summed E-state index contributed by atoms with van der Waals surface area (Å²) in [7, 11) is 0. The molecule has 1 heteroatoms. The Balaban J connectivity index is 2.59. The molecule has 58 valence electrons. The second-order valence-corrected chi connectivity index (χ2v) is 3.67. The molecular formula is C9H17N. The molecule has 0 amide bonds. The van der Waals surface area contributed by atoms with Crippen molar-refractivity contribution in [1.29, 1.82) is 0 Å². The molecule has 1 aliphatic rings. The predicted octanol–water partition coefficient (Wildman–Crippen LogP) is 2.09. The molecule has 0 aromatic rings. The molecule has 0 radical (unpaired) electrons. The highest BCUT2D eigenvalue weighted by molar-refractivity contribution is 5.11. The third-order valence-electron chi connectivity index (χ3n) is 2.01. The molecule has 10 heavy (non-hydrogen) atoms. The zero-order valence-corrected chi connectivity index (χ0v) is 7.20. The quantitative estimate of drug-likeness (QED) is 0.548. The van der Waals surface area contributed by atoms with Crippen LogP contribution in [0.5, 0.6) is 0 Å². The first-order chi connectivity index (χ1) is 4.62. The fraction of sp³-hybridized carbons (Fsp3) is 0.778. The van der Waals surface area contributed by atoms with Crippen LogP contribution in [-0.4, -0.2) is 12.1 Å². The Labute approximate surface area is 63.5 Å². The summed E-state index contributed by atoms with van der Waals surface area (Å²) >= 11 is 0. The molecule has 0 aliphatic carbocycles. The lowest BCUT2D eigenvalue weighted by Gasteiger charge is -2.19. The van der Waals surface area contributed by atoms with Gasteiger partial charge >= 0.3 is 0 Å². The van der Waals surface area contributed by atoms with Crippen molar-refractivity contribution >= 4 is 0 Å². The van der Waals surface area contributed by atoms with Gasteiger partial charge in [0.2, 0.25) is 0 Å². The van der Waals surface area contributed by atoms with Crippen molar-refractivity contribution in [3.63, 3.8) is 0 Å². The van der Waals surface area contributed by atoms with Gasteiger partial charge in [0.15, 0.2) is 0 Å². The molecule has 1 rings (SSSR count). The number of allylic oxidation sites excluding steroid dienone is 1. The van der Waals surface area contributed by atoms with Gasteiger partial charge < -0.3 is 5.32 Å². The number of rotatable bonds is 1. The van der Waals surface area contributed by atoms with E-state index >= 15 is 0 Å². The Morgan fingerprint density at radius 2 is 2.20 bits per heavy atom. The molecule has 1 aliphatic heterocycles. The smallest absolute Gasteiger partial charge is 0.0338 e. The van der Waals surface area contributed by atoms with E-state index in [0.29, 0.717) is 5.54 Å². The summed E-state index contributed by atoms with van der Waals surface area (Å²) in [5.41, 5.74) is 1.72. The lowest BCUT2D eigenvalue weighted by Crippen LogP contribution is -2.33. The summed E-state index contributed by atoms with van der Waals surface area (Å²) in [6.07, 6.45) is 4.94. The molecule has 1 atom stereocenters. The first kappa shape index (κ1) is 7.80. The van der Waals surface area contributed by atoms with E-state index in [1.54, 1.807) is 0 Å². The largest absolute Gasteiger partial charge is 0.308 e. The summed E-state index contributed by atoms with van der Waals surface area (Å²) < 4.78 is 0. The van der Waals surface area contributed by atoms with Gasteiger partial charge in [0, 0.05) is 5.54 Å². The first-order valence-electron chi connectivity index (χ1n) is 4.03. The lowest BCUT2D eigenvalue weighted by molar-refractivity contribution is 0.516. The van der Waals surface area contributed by atoms with E-state index in [4.69, 9.17) is 0 Å². The Morgan fingerprint density at radius 3 is 2.60 bits per heavy atom. The molecule has 0 aromatic carbocycles. The molecule has 1 unspecified atom stereocenters. The zero-order valence-electron chi connectivity index (χ0n) is 7.20. The van der Waals surface area contributed by atoms with E-state index < -0.39 is 0 Å². The minimum absolute atomic E-state index is 0.304. The van der Waals surface area contributed by atoms with E-state index in [9.17, 15) is 0 Å². The van der Waals surface area contributed by atoms with Crippen LogP contribution in [-0.2, 0) is 0 Å². The fourth-order valence-electron chi connectivity index (χ4n) is 1.68. The van der Waals surface area contributed by atoms with Crippen molar-refractivity contribution in [2.75, 3.05) is 6.54 Å². The number of hydrogen-bond acceptors (Lipinski definition) is 1. The van der Waals surface area contributed by atoms with Crippen molar-refractivity contribution in [2.45, 2.75) is 39.2 Å². The molecule has 0 saturated carbocycles. The highest BCUT2D eigenvalue weighted by atomic mass is 15.0. The van der Waals surface area contributed by atoms with Crippen LogP contribution in [0.4, 0.5) is 0 Å². The van der Waals surface area contributed by atoms with E-state index in [2.05, 4.69) is 32.2 Å². The summed E-state index contributed by atoms with van der Waals surface area (Å²) in [4.78, 5) is 0. The summed E-state index contributed by atoms with van der Waals surface area (Å²) in [6.45, 7) is 7.77. The second kappa shape index (κ2) is 2.75. The number of nitrogens with one attached hydrogen (secondary N) is 1. The van der Waals surface area contributed by atoms with Gasteiger partial charge in [0.1, 0.15) is 0 Å². The van der Waals surface area contributed by atoms with Gasteiger partial charge in [-0.2, -0.15) is 0 Å². The Hall–Kier alpha value is -0.300. The Morgan fingerprint density at radius 1 is 1.50 bits per heavy atom. The highest BCUT2D eigenvalue weighted by Crippen LogP contribution is 2.20. The van der Waals surface area contributed by atoms with Crippen LogP contribution in [0.1, 0.15) is 33.6 Å². The summed E-state index contributed by atoms with van der Waals surface area (Å²) in [5.74, 6) is 0. The van der Waals surface area contributed by atoms with Crippen molar-refractivity contribution in [3.8, 4) is 0 Å². The standard InChI is InChI=1S/C9H17N/c1-8(2)7-9(3)5-4-6-10-9/h7,10H,4-6H2,1-3H3. The second-order valence-electron chi connectivity index (χ2n) is 3.67. The maximum atomic E-state index is 3.49. The molecular weight excluding hydrogens is 122 g/mol. The molecule has 1 fully saturated rings. The minimum Gasteiger partial charge on any atom is -0.308 e. The van der Waals surface area contributed by atoms with Crippen LogP contribution < -0.4 is 5.32 Å². The minimum atomic E-state index is 0.304. The van der Waals surface area contributed by atoms with Crippen LogP contribution in [0.2, 0.25) is 0 Å². The summed E-state index contributed by atoms with van der Waals surface area (Å²) in [6, 6.07) is 0. The van der Waals surface area contributed by atoms with Gasteiger partial charge in [-0.25, -0.2) is 0 Å². The van der Waals surface area contributed by atoms with Gasteiger partial charge in [-0.05, 0) is 40.2 Å². The van der Waals surface area contributed by atoms with Gasteiger partial charge in [-0.15, -0.1) is 0 Å². The van der Waals surface area contributed by atoms with Crippen LogP contribution in [0.25, 0.3) is 0 Å². The Kier molecular flexibility index (Phi) is 2.14. The molecule has 1 nitrogen and oxygen atoms in total. The Bertz CT molecular complexity index is 137. The van der Waals surface area contributed by atoms with Crippen LogP contribution >= 0.6 is 0 Å². The van der Waals surface area contributed by atoms with Gasteiger partial charge in [-0.1, -0.05) is 11.6 Å². The van der Waals surface area contributed by atoms with Crippen LogP contribution in [0.3, 0.4) is 0 Å². The topological polar surface area (TPSA) is 12.0 Å². The maximum absolute atomic E-state index is 3.49. The summed E-state index contributed by atoms with van der Waals surface area (Å²) in [5, 5.41) is 3.49. The van der Waals surface area contributed by atoms with E-state index in [-0.39, 0.29) is 0 Å². The zero-order chi connectivity index (χ0) is 7.61. The van der Waals surface area contributed by atoms with Crippen LogP contribution in [0, 0.1) is 0 Å². The molecule has 1 saturated heterocycles. The third kappa shape index (κ3) is 1.84. The van der Waals surface area contributed by atoms with E-state index in [1.165, 1.54) is 25.0 Å². The monoisotopic (exact) mass is 139 g/mol. The van der Waals surface area contributed by atoms with Gasteiger partial charge in [0.05, 0.1) is 0 Å². The normalized spacial score (nSPS) is 32.3. The molecule has 0 bridgehead atoms. The van der Waals surface area contributed by atoms with Crippen molar-refractivity contribution in [1.82, 2.24) is 5.32 Å². The van der Waals surface area contributed by atoms with Crippen molar-refractivity contribution < 1.29 is 0 Å². The number of hydrogen-bond donors (Lipinski definition) is 1. The fourth-order valence-corrected chi connectivity index (χ4v) is 1.68. The SMILES string of the molecule is CC(C)=CC1(C)CCCN1. The maximum Gasteiger partial charge on any atom is 0.0338 e. The van der Waals surface area contributed by atoms with E-state index in [0.717, 1.165) is 0 Å². The lowest BCUT2D eigenvalue weighted by atomic mass is 9.98. The molecule has 1 heterocycles. The highest BCUT2D eigenvalue weighted by Gasteiger charge is 2.24. The first-order valence-corrected chi connectivity index (χ1v) is 4.03. The van der Waals surface area contributed by atoms with Crippen LogP contribution in [0.15, 0.2) is 11.6 Å². The molecule has 1 N–H and O–H groups in total. The average Bonchev–Trinajstić information content (AvgIpc) is 2.12. The molecule has 0 aromatic heterocycles.